The fourth-order valence-corrected chi connectivity index (χ4v) is 7.56. The Kier molecular flexibility index (Phi) is 16.9. The second-order valence-electron chi connectivity index (χ2n) is 15.8. The number of cyclic esters (lactones) is 1. The smallest absolute Gasteiger partial charge is 0.329 e. The number of aryl methyl sites for hydroxylation is 2. The summed E-state index contributed by atoms with van der Waals surface area (Å²) in [6.07, 6.45) is 3.17. The number of likely N-dealkylation sites (N-methyl/N-ethyl adjacent to an activating group) is 1. The van der Waals surface area contributed by atoms with Crippen molar-refractivity contribution < 1.29 is 51.6 Å². The molecule has 6 rings (SSSR count). The molecule has 2 aromatic carbocycles. The van der Waals surface area contributed by atoms with Crippen LogP contribution in [0.4, 0.5) is 23.7 Å². The van der Waals surface area contributed by atoms with E-state index in [1.165, 1.54) is 17.0 Å². The summed E-state index contributed by atoms with van der Waals surface area (Å²) in [4.78, 5) is 92.8. The van der Waals surface area contributed by atoms with E-state index in [9.17, 15) is 46.8 Å². The summed E-state index contributed by atoms with van der Waals surface area (Å²) in [6, 6.07) is 7.17. The summed E-state index contributed by atoms with van der Waals surface area (Å²) in [5.41, 5.74) is 2.28. The number of carbonyl (C=O) groups excluding carboxylic acids is 7. The van der Waals surface area contributed by atoms with Gasteiger partial charge in [0.1, 0.15) is 48.5 Å². The molecule has 7 amide bonds. The van der Waals surface area contributed by atoms with Crippen molar-refractivity contribution in [2.75, 3.05) is 38.5 Å². The van der Waals surface area contributed by atoms with Crippen molar-refractivity contribution in [1.29, 1.82) is 0 Å². The third-order valence-electron chi connectivity index (χ3n) is 10.6. The fraction of sp³-hybridized carbons (Fsp3) is 0.548. The number of nitrogens with one attached hydrogen (secondary N) is 3. The van der Waals surface area contributed by atoms with E-state index in [0.29, 0.717) is 56.6 Å². The van der Waals surface area contributed by atoms with Gasteiger partial charge >= 0.3 is 12.0 Å². The number of benzene rings is 2. The summed E-state index contributed by atoms with van der Waals surface area (Å²) >= 11 is 0. The van der Waals surface area contributed by atoms with Crippen LogP contribution in [0.25, 0.3) is 0 Å². The molecular weight excluding hydrogens is 787 g/mol. The van der Waals surface area contributed by atoms with Gasteiger partial charge < -0.3 is 35.4 Å². The molecule has 4 aliphatic heterocycles. The third kappa shape index (κ3) is 13.2. The second-order valence-corrected chi connectivity index (χ2v) is 15.8. The summed E-state index contributed by atoms with van der Waals surface area (Å²) in [5.74, 6) is -3.43. The number of esters is 1. The Morgan fingerprint density at radius 1 is 0.817 bits per heavy atom. The van der Waals surface area contributed by atoms with Crippen molar-refractivity contribution in [3.05, 3.63) is 65.2 Å². The molecule has 4 fully saturated rings. The molecule has 0 saturated carbocycles. The molecule has 0 spiro atoms. The topological polar surface area (TPSA) is 178 Å². The van der Waals surface area contributed by atoms with Crippen molar-refractivity contribution in [1.82, 2.24) is 30.5 Å². The number of halogens is 3. The first-order chi connectivity index (χ1) is 28.3. The maximum Gasteiger partial charge on any atom is 0.329 e. The lowest BCUT2D eigenvalue weighted by molar-refractivity contribution is -0.160. The Bertz CT molecular complexity index is 1830. The third-order valence-corrected chi connectivity index (χ3v) is 10.6. The van der Waals surface area contributed by atoms with Gasteiger partial charge in [-0.2, -0.15) is 5.12 Å². The van der Waals surface area contributed by atoms with Crippen molar-refractivity contribution in [3.63, 3.8) is 0 Å². The highest BCUT2D eigenvalue weighted by atomic mass is 19.2. The number of nitrogens with zero attached hydrogens (tertiary/aromatic N) is 4. The first-order valence-electron chi connectivity index (χ1n) is 20.2. The van der Waals surface area contributed by atoms with Gasteiger partial charge in [-0.3, -0.25) is 24.0 Å². The van der Waals surface area contributed by atoms with Crippen LogP contribution in [-0.4, -0.2) is 125 Å². The van der Waals surface area contributed by atoms with Gasteiger partial charge in [-0.1, -0.05) is 29.1 Å². The molecule has 328 valence electrons. The van der Waals surface area contributed by atoms with Gasteiger partial charge in [0.05, 0.1) is 6.42 Å². The van der Waals surface area contributed by atoms with E-state index < -0.39 is 59.8 Å². The number of hydrogen-bond acceptors (Lipinski definition) is 8. The maximum atomic E-state index is 13.5. The number of anilines is 1. The van der Waals surface area contributed by atoms with Crippen LogP contribution in [0.5, 0.6) is 0 Å². The SMILES string of the molecule is CC1CC2C(=O)OC(C)CC(=O)N3CCCC3C(=O)N3CCCCC3C(=O)NC(C)C(=O)N2C1.Cc1cc(F)cc(F)c1.Cc1ccc(NC(=O)NCC(=O)N(C)F)cc1. The zero-order chi connectivity index (χ0) is 44.3. The van der Waals surface area contributed by atoms with Gasteiger partial charge in [-0.05, 0) is 102 Å². The van der Waals surface area contributed by atoms with Crippen LogP contribution in [0.15, 0.2) is 42.5 Å². The molecule has 3 N–H and O–H groups in total. The minimum absolute atomic E-state index is 0.0218. The van der Waals surface area contributed by atoms with E-state index in [-0.39, 0.29) is 47.6 Å². The van der Waals surface area contributed by atoms with Gasteiger partial charge in [0, 0.05) is 38.4 Å². The van der Waals surface area contributed by atoms with E-state index in [1.54, 1.807) is 42.7 Å². The van der Waals surface area contributed by atoms with Gasteiger partial charge in [0.25, 0.3) is 5.91 Å². The fourth-order valence-electron chi connectivity index (χ4n) is 7.56. The van der Waals surface area contributed by atoms with Crippen LogP contribution in [0.2, 0.25) is 0 Å². The predicted octanol–water partition coefficient (Wildman–Crippen LogP) is 4.17. The molecule has 4 heterocycles. The van der Waals surface area contributed by atoms with Crippen LogP contribution >= 0.6 is 0 Å². The first-order valence-corrected chi connectivity index (χ1v) is 20.2. The van der Waals surface area contributed by atoms with E-state index >= 15 is 0 Å². The number of fused-ring (bicyclic) bond motifs is 3. The Morgan fingerprint density at radius 3 is 2.08 bits per heavy atom. The molecule has 0 aliphatic carbocycles. The largest absolute Gasteiger partial charge is 0.461 e. The summed E-state index contributed by atoms with van der Waals surface area (Å²) < 4.78 is 42.3. The van der Waals surface area contributed by atoms with Crippen molar-refractivity contribution in [2.24, 2.45) is 5.92 Å². The van der Waals surface area contributed by atoms with Crippen LogP contribution < -0.4 is 16.0 Å². The average Bonchev–Trinajstić information content (AvgIpc) is 3.84. The predicted molar refractivity (Wildman–Crippen MR) is 214 cm³/mol. The van der Waals surface area contributed by atoms with Crippen LogP contribution in [0, 0.1) is 31.4 Å². The maximum absolute atomic E-state index is 13.5. The summed E-state index contributed by atoms with van der Waals surface area (Å²) in [5, 5.41) is 7.48. The van der Waals surface area contributed by atoms with Crippen molar-refractivity contribution in [3.8, 4) is 0 Å². The van der Waals surface area contributed by atoms with Crippen molar-refractivity contribution >= 4 is 47.2 Å². The van der Waals surface area contributed by atoms with Crippen LogP contribution in [0.3, 0.4) is 0 Å². The normalized spacial score (nSPS) is 24.6. The average molecular weight is 844 g/mol. The monoisotopic (exact) mass is 843 g/mol. The van der Waals surface area contributed by atoms with E-state index in [0.717, 1.165) is 31.5 Å². The minimum atomic E-state index is -0.832. The quantitative estimate of drug-likeness (QED) is 0.305. The molecule has 0 aromatic heterocycles. The van der Waals surface area contributed by atoms with Gasteiger partial charge in [0.15, 0.2) is 0 Å². The van der Waals surface area contributed by atoms with Crippen molar-refractivity contribution in [2.45, 2.75) is 110 Å². The number of urea groups is 1. The highest BCUT2D eigenvalue weighted by molar-refractivity contribution is 5.96. The van der Waals surface area contributed by atoms with E-state index in [2.05, 4.69) is 16.0 Å². The molecule has 4 aliphatic rings. The lowest BCUT2D eigenvalue weighted by Crippen LogP contribution is -2.59. The molecule has 6 unspecified atom stereocenters. The number of ether oxygens (including phenoxy) is 1. The summed E-state index contributed by atoms with van der Waals surface area (Å²) in [6.45, 7) is 9.76. The lowest BCUT2D eigenvalue weighted by Gasteiger charge is -2.38. The Balaban J connectivity index is 0.000000251. The highest BCUT2D eigenvalue weighted by Gasteiger charge is 2.44. The van der Waals surface area contributed by atoms with E-state index in [4.69, 9.17) is 4.74 Å². The number of piperidine rings is 1. The number of amides is 7. The molecule has 18 heteroatoms. The standard InChI is InChI=1S/C24H36N4O6.C11H14FN3O2.C7H6F2/c1-14-11-19-24(33)34-15(2)12-20(29)26-10-6-8-18(26)23(32)27-9-5-4-7-17(27)21(30)25-16(3)22(31)28(19)13-14;1-8-3-5-9(6-4-8)14-11(17)13-7-10(16)15(2)12;1-5-2-6(8)4-7(9)3-5/h14-19H,4-13H2,1-3H3,(H,25,30);3-6H,7H2,1-2H3,(H2,13,14,17);2-4H,1H3. The van der Waals surface area contributed by atoms with Gasteiger partial charge in [-0.15, -0.1) is 0 Å². The molecule has 6 atom stereocenters. The molecule has 15 nitrogen and oxygen atoms in total. The number of hydrogen-bond donors (Lipinski definition) is 3. The summed E-state index contributed by atoms with van der Waals surface area (Å²) in [7, 11) is 0.974. The second kappa shape index (κ2) is 21.5. The van der Waals surface area contributed by atoms with Gasteiger partial charge in [-0.25, -0.2) is 18.4 Å². The molecule has 60 heavy (non-hydrogen) atoms. The zero-order valence-electron chi connectivity index (χ0n) is 35.0. The van der Waals surface area contributed by atoms with Crippen LogP contribution in [0.1, 0.15) is 76.8 Å². The highest BCUT2D eigenvalue weighted by Crippen LogP contribution is 2.28. The minimum Gasteiger partial charge on any atom is -0.461 e. The zero-order valence-corrected chi connectivity index (χ0v) is 35.0. The molecule has 2 aromatic rings. The Labute approximate surface area is 348 Å². The molecule has 0 bridgehead atoms. The molecular formula is C42H56F3N7O8. The first kappa shape index (κ1) is 47.0. The number of rotatable bonds is 3. The lowest BCUT2D eigenvalue weighted by atomic mass is 9.99. The molecule has 4 saturated heterocycles. The van der Waals surface area contributed by atoms with Crippen LogP contribution in [-0.2, 0) is 33.5 Å². The Morgan fingerprint density at radius 2 is 1.45 bits per heavy atom. The Hall–Kier alpha value is -5.68. The molecule has 0 radical (unpaired) electrons. The van der Waals surface area contributed by atoms with E-state index in [1.807, 2.05) is 26.0 Å². The van der Waals surface area contributed by atoms with Gasteiger partial charge in [0.2, 0.25) is 23.6 Å². The number of carbonyl (C=O) groups is 7.